The maximum Gasteiger partial charge on any atom is 0.330 e. The molecule has 0 saturated carbocycles. The van der Waals surface area contributed by atoms with Crippen molar-refractivity contribution in [2.24, 2.45) is 10.8 Å². The maximum atomic E-state index is 11.4. The molecule has 0 atom stereocenters. The van der Waals surface area contributed by atoms with Crippen LogP contribution in [0.3, 0.4) is 0 Å². The molecule has 1 aliphatic rings. The summed E-state index contributed by atoms with van der Waals surface area (Å²) in [7, 11) is 0. The minimum Gasteiger partial charge on any atom is -0.391 e. The Morgan fingerprint density at radius 1 is 0.625 bits per heavy atom. The number of hydrogen-bond donors (Lipinski definition) is 0. The zero-order chi connectivity index (χ0) is 12.7. The third kappa shape index (κ3) is 1.70. The van der Waals surface area contributed by atoms with Gasteiger partial charge in [-0.25, -0.2) is 0 Å². The van der Waals surface area contributed by atoms with Gasteiger partial charge in [-0.3, -0.25) is 19.2 Å². The summed E-state index contributed by atoms with van der Waals surface area (Å²) >= 11 is 0. The Bertz CT molecular complexity index is 320. The third-order valence-corrected chi connectivity index (χ3v) is 2.41. The number of rotatable bonds is 0. The van der Waals surface area contributed by atoms with E-state index in [1.807, 2.05) is 0 Å². The highest BCUT2D eigenvalue weighted by Gasteiger charge is 2.51. The predicted molar refractivity (Wildman–Crippen MR) is 49.8 cm³/mol. The predicted octanol–water partition coefficient (Wildman–Crippen LogP) is 0.192. The molecule has 0 aromatic rings. The molecule has 6 nitrogen and oxygen atoms in total. The van der Waals surface area contributed by atoms with Crippen molar-refractivity contribution in [2.75, 3.05) is 0 Å². The van der Waals surface area contributed by atoms with Crippen LogP contribution >= 0.6 is 0 Å². The van der Waals surface area contributed by atoms with Gasteiger partial charge in [-0.05, 0) is 27.7 Å². The summed E-state index contributed by atoms with van der Waals surface area (Å²) in [6.07, 6.45) is 0. The Hall–Kier alpha value is -1.72. The standard InChI is InChI=1S/C10H12O6/c1-9(2)5(11)15-7(13)10(3,4)8(14)16-6(9)12/h1-4H3. The quantitative estimate of drug-likeness (QED) is 0.434. The minimum atomic E-state index is -1.66. The van der Waals surface area contributed by atoms with Crippen molar-refractivity contribution in [2.45, 2.75) is 27.7 Å². The van der Waals surface area contributed by atoms with Crippen LogP contribution in [0.2, 0.25) is 0 Å². The van der Waals surface area contributed by atoms with Gasteiger partial charge >= 0.3 is 23.9 Å². The van der Waals surface area contributed by atoms with Gasteiger partial charge in [0.1, 0.15) is 0 Å². The van der Waals surface area contributed by atoms with Gasteiger partial charge < -0.3 is 9.47 Å². The molecule has 0 amide bonds. The molecule has 0 aromatic carbocycles. The molecule has 6 heteroatoms. The Labute approximate surface area is 91.9 Å². The fourth-order valence-corrected chi connectivity index (χ4v) is 0.845. The molecule has 0 bridgehead atoms. The van der Waals surface area contributed by atoms with Crippen LogP contribution in [-0.2, 0) is 28.7 Å². The third-order valence-electron chi connectivity index (χ3n) is 2.41. The lowest BCUT2D eigenvalue weighted by Gasteiger charge is -2.27. The van der Waals surface area contributed by atoms with E-state index in [1.165, 1.54) is 27.7 Å². The van der Waals surface area contributed by atoms with Crippen molar-refractivity contribution in [1.29, 1.82) is 0 Å². The molecule has 0 N–H and O–H groups in total. The van der Waals surface area contributed by atoms with E-state index >= 15 is 0 Å². The van der Waals surface area contributed by atoms with Gasteiger partial charge in [0.2, 0.25) is 0 Å². The monoisotopic (exact) mass is 228 g/mol. The van der Waals surface area contributed by atoms with Crippen LogP contribution in [0.15, 0.2) is 0 Å². The molecule has 0 unspecified atom stereocenters. The molecule has 1 heterocycles. The van der Waals surface area contributed by atoms with Gasteiger partial charge in [-0.2, -0.15) is 0 Å². The molecule has 88 valence electrons. The number of carbonyl (C=O) groups is 4. The molecular weight excluding hydrogens is 216 g/mol. The summed E-state index contributed by atoms with van der Waals surface area (Å²) < 4.78 is 8.93. The Morgan fingerprint density at radius 3 is 1.00 bits per heavy atom. The lowest BCUT2D eigenvalue weighted by molar-refractivity contribution is -0.191. The first kappa shape index (κ1) is 12.4. The topological polar surface area (TPSA) is 86.7 Å². The zero-order valence-corrected chi connectivity index (χ0v) is 9.45. The second-order valence-electron chi connectivity index (χ2n) is 4.60. The fraction of sp³-hybridized carbons (Fsp3) is 0.600. The van der Waals surface area contributed by atoms with E-state index in [0.29, 0.717) is 0 Å². The van der Waals surface area contributed by atoms with E-state index in [1.54, 1.807) is 0 Å². The van der Waals surface area contributed by atoms with Crippen LogP contribution in [0.25, 0.3) is 0 Å². The van der Waals surface area contributed by atoms with E-state index in [2.05, 4.69) is 9.47 Å². The minimum absolute atomic E-state index is 1.02. The molecule has 0 spiro atoms. The van der Waals surface area contributed by atoms with Gasteiger partial charge in [0, 0.05) is 0 Å². The number of hydrogen-bond acceptors (Lipinski definition) is 6. The highest BCUT2D eigenvalue weighted by molar-refractivity contribution is 6.13. The van der Waals surface area contributed by atoms with Gasteiger partial charge in [-0.1, -0.05) is 0 Å². The number of esters is 4. The maximum absolute atomic E-state index is 11.4. The van der Waals surface area contributed by atoms with E-state index < -0.39 is 34.7 Å². The van der Waals surface area contributed by atoms with Crippen molar-refractivity contribution >= 4 is 23.9 Å². The van der Waals surface area contributed by atoms with Crippen molar-refractivity contribution < 1.29 is 28.7 Å². The highest BCUT2D eigenvalue weighted by atomic mass is 16.6. The molecule has 0 aromatic heterocycles. The fourth-order valence-electron chi connectivity index (χ4n) is 0.845. The zero-order valence-electron chi connectivity index (χ0n) is 9.45. The van der Waals surface area contributed by atoms with Gasteiger partial charge in [0.25, 0.3) is 0 Å². The van der Waals surface area contributed by atoms with Crippen molar-refractivity contribution in [3.63, 3.8) is 0 Å². The Kier molecular flexibility index (Phi) is 2.62. The van der Waals surface area contributed by atoms with Crippen LogP contribution in [-0.4, -0.2) is 23.9 Å². The molecular formula is C10H12O6. The molecule has 1 fully saturated rings. The first-order chi connectivity index (χ1) is 7.10. The van der Waals surface area contributed by atoms with E-state index in [-0.39, 0.29) is 0 Å². The smallest absolute Gasteiger partial charge is 0.330 e. The summed E-state index contributed by atoms with van der Waals surface area (Å²) in [5.74, 6) is -4.10. The van der Waals surface area contributed by atoms with Crippen LogP contribution < -0.4 is 0 Å². The largest absolute Gasteiger partial charge is 0.391 e. The summed E-state index contributed by atoms with van der Waals surface area (Å²) in [5, 5.41) is 0. The van der Waals surface area contributed by atoms with Crippen LogP contribution in [0.1, 0.15) is 27.7 Å². The Morgan fingerprint density at radius 2 is 0.812 bits per heavy atom. The van der Waals surface area contributed by atoms with Gasteiger partial charge in [-0.15, -0.1) is 0 Å². The van der Waals surface area contributed by atoms with Gasteiger partial charge in [0.15, 0.2) is 10.8 Å². The summed E-state index contributed by atoms with van der Waals surface area (Å²) in [5.41, 5.74) is -3.33. The molecule has 1 aliphatic heterocycles. The van der Waals surface area contributed by atoms with Crippen LogP contribution in [0.4, 0.5) is 0 Å². The first-order valence-corrected chi connectivity index (χ1v) is 4.63. The number of carbonyl (C=O) groups excluding carboxylic acids is 4. The van der Waals surface area contributed by atoms with Crippen molar-refractivity contribution in [1.82, 2.24) is 0 Å². The first-order valence-electron chi connectivity index (χ1n) is 4.63. The highest BCUT2D eigenvalue weighted by Crippen LogP contribution is 2.29. The number of cyclic esters (lactones) is 4. The number of ether oxygens (including phenoxy) is 2. The summed E-state index contributed by atoms with van der Waals surface area (Å²) in [6.45, 7) is 4.88. The Balaban J connectivity index is 3.18. The average Bonchev–Trinajstić information content (AvgIpc) is 2.15. The molecule has 0 radical (unpaired) electrons. The molecule has 16 heavy (non-hydrogen) atoms. The lowest BCUT2D eigenvalue weighted by Crippen LogP contribution is -2.48. The van der Waals surface area contributed by atoms with E-state index in [9.17, 15) is 19.2 Å². The normalized spacial score (nSPS) is 24.2. The van der Waals surface area contributed by atoms with Crippen LogP contribution in [0.5, 0.6) is 0 Å². The lowest BCUT2D eigenvalue weighted by atomic mass is 9.90. The molecule has 1 saturated heterocycles. The molecule has 1 rings (SSSR count). The summed E-state index contributed by atoms with van der Waals surface area (Å²) in [6, 6.07) is 0. The molecule has 0 aliphatic carbocycles. The average molecular weight is 228 g/mol. The van der Waals surface area contributed by atoms with Crippen molar-refractivity contribution in [3.8, 4) is 0 Å². The van der Waals surface area contributed by atoms with Crippen LogP contribution in [0, 0.1) is 10.8 Å². The van der Waals surface area contributed by atoms with Gasteiger partial charge in [0.05, 0.1) is 0 Å². The van der Waals surface area contributed by atoms with E-state index in [0.717, 1.165) is 0 Å². The second kappa shape index (κ2) is 3.40. The van der Waals surface area contributed by atoms with E-state index in [4.69, 9.17) is 0 Å². The second-order valence-corrected chi connectivity index (χ2v) is 4.60. The SMILES string of the molecule is CC1(C)C(=O)OC(=O)C(C)(C)C(=O)OC1=O. The van der Waals surface area contributed by atoms with Crippen molar-refractivity contribution in [3.05, 3.63) is 0 Å². The summed E-state index contributed by atoms with van der Waals surface area (Å²) in [4.78, 5) is 45.8.